The fourth-order valence-corrected chi connectivity index (χ4v) is 4.19. The van der Waals surface area contributed by atoms with Crippen LogP contribution in [0.5, 0.6) is 17.2 Å². The largest absolute Gasteiger partial charge is 0.508 e. The number of fused-ring (bicyclic) bond motifs is 2. The summed E-state index contributed by atoms with van der Waals surface area (Å²) in [6.45, 7) is 4.23. The Morgan fingerprint density at radius 2 is 1.92 bits per heavy atom. The van der Waals surface area contributed by atoms with Gasteiger partial charge in [-0.1, -0.05) is 13.0 Å². The van der Waals surface area contributed by atoms with E-state index in [1.807, 2.05) is 12.1 Å². The van der Waals surface area contributed by atoms with E-state index in [-0.39, 0.29) is 40.3 Å². The zero-order valence-corrected chi connectivity index (χ0v) is 15.3. The SMILES string of the molecule is Br.CCCN1CCc2cc(O)cc3c2[C@@H]1Cc1ccc(O)c(O)c1-3. The van der Waals surface area contributed by atoms with Gasteiger partial charge in [-0.3, -0.25) is 4.90 Å². The monoisotopic (exact) mass is 391 g/mol. The van der Waals surface area contributed by atoms with Crippen LogP contribution in [0.15, 0.2) is 24.3 Å². The number of hydrogen-bond acceptors (Lipinski definition) is 4. The van der Waals surface area contributed by atoms with Crippen LogP contribution >= 0.6 is 17.0 Å². The zero-order valence-electron chi connectivity index (χ0n) is 13.6. The van der Waals surface area contributed by atoms with Crippen LogP contribution in [0.3, 0.4) is 0 Å². The van der Waals surface area contributed by atoms with Crippen molar-refractivity contribution in [3.05, 3.63) is 41.0 Å². The van der Waals surface area contributed by atoms with Gasteiger partial charge in [-0.15, -0.1) is 17.0 Å². The highest BCUT2D eigenvalue weighted by Crippen LogP contribution is 2.51. The van der Waals surface area contributed by atoms with E-state index >= 15 is 0 Å². The molecule has 2 aromatic carbocycles. The number of halogens is 1. The maximum atomic E-state index is 10.4. The average molecular weight is 392 g/mol. The molecule has 0 bridgehead atoms. The highest BCUT2D eigenvalue weighted by molar-refractivity contribution is 8.93. The summed E-state index contributed by atoms with van der Waals surface area (Å²) in [7, 11) is 0. The molecule has 24 heavy (non-hydrogen) atoms. The van der Waals surface area contributed by atoms with Gasteiger partial charge in [0, 0.05) is 18.2 Å². The van der Waals surface area contributed by atoms with Crippen molar-refractivity contribution in [2.75, 3.05) is 13.1 Å². The first-order valence-electron chi connectivity index (χ1n) is 8.24. The molecule has 0 saturated heterocycles. The van der Waals surface area contributed by atoms with Crippen LogP contribution in [0.4, 0.5) is 0 Å². The van der Waals surface area contributed by atoms with Crippen LogP contribution < -0.4 is 0 Å². The molecule has 1 aliphatic carbocycles. The minimum absolute atomic E-state index is 0. The molecule has 2 aromatic rings. The smallest absolute Gasteiger partial charge is 0.165 e. The highest BCUT2D eigenvalue weighted by atomic mass is 79.9. The van der Waals surface area contributed by atoms with Crippen molar-refractivity contribution in [1.82, 2.24) is 4.90 Å². The first kappa shape index (κ1) is 17.1. The second-order valence-corrected chi connectivity index (χ2v) is 6.54. The first-order valence-corrected chi connectivity index (χ1v) is 8.24. The lowest BCUT2D eigenvalue weighted by atomic mass is 9.76. The summed E-state index contributed by atoms with van der Waals surface area (Å²) in [4.78, 5) is 2.50. The second-order valence-electron chi connectivity index (χ2n) is 6.54. The lowest BCUT2D eigenvalue weighted by molar-refractivity contribution is 0.182. The van der Waals surface area contributed by atoms with Gasteiger partial charge >= 0.3 is 0 Å². The Morgan fingerprint density at radius 3 is 2.67 bits per heavy atom. The molecule has 4 nitrogen and oxygen atoms in total. The Morgan fingerprint density at radius 1 is 1.12 bits per heavy atom. The number of rotatable bonds is 2. The minimum atomic E-state index is -0.111. The number of phenolic OH excluding ortho intramolecular Hbond substituents is 3. The van der Waals surface area contributed by atoms with Crippen molar-refractivity contribution in [2.45, 2.75) is 32.2 Å². The van der Waals surface area contributed by atoms with Crippen LogP contribution in [-0.2, 0) is 12.8 Å². The van der Waals surface area contributed by atoms with E-state index in [1.54, 1.807) is 12.1 Å². The molecule has 1 aliphatic heterocycles. The standard InChI is InChI=1S/C19H21NO3.BrH/c1-2-6-20-7-5-12-8-13(21)10-14-17(12)15(20)9-11-3-4-16(22)19(23)18(11)14;/h3-4,8,10,15,21-23H,2,5-7,9H2,1H3;1H/t15-;/m0./s1. The van der Waals surface area contributed by atoms with Crippen molar-refractivity contribution in [3.8, 4) is 28.4 Å². The number of nitrogens with zero attached hydrogens (tertiary/aromatic N) is 1. The summed E-state index contributed by atoms with van der Waals surface area (Å²) < 4.78 is 0. The van der Waals surface area contributed by atoms with Gasteiger partial charge in [-0.2, -0.15) is 0 Å². The van der Waals surface area contributed by atoms with Crippen LogP contribution in [0.2, 0.25) is 0 Å². The van der Waals surface area contributed by atoms with Crippen molar-refractivity contribution in [1.29, 1.82) is 0 Å². The molecule has 2 aliphatic rings. The molecule has 0 fully saturated rings. The molecule has 0 aromatic heterocycles. The number of phenols is 3. The van der Waals surface area contributed by atoms with Crippen molar-refractivity contribution < 1.29 is 15.3 Å². The Labute approximate surface area is 152 Å². The van der Waals surface area contributed by atoms with Gasteiger partial charge in [0.25, 0.3) is 0 Å². The van der Waals surface area contributed by atoms with Gasteiger partial charge in [-0.05, 0) is 66.3 Å². The molecule has 0 unspecified atom stereocenters. The Kier molecular flexibility index (Phi) is 4.49. The van der Waals surface area contributed by atoms with Crippen LogP contribution in [0.25, 0.3) is 11.1 Å². The zero-order chi connectivity index (χ0) is 16.1. The Balaban J connectivity index is 0.00000169. The predicted octanol–water partition coefficient (Wildman–Crippen LogP) is 3.91. The number of benzene rings is 2. The summed E-state index contributed by atoms with van der Waals surface area (Å²) in [6, 6.07) is 7.29. The third-order valence-electron chi connectivity index (χ3n) is 5.13. The molecule has 4 rings (SSSR count). The normalized spacial score (nSPS) is 18.5. The average Bonchev–Trinajstić information content (AvgIpc) is 2.53. The van der Waals surface area contributed by atoms with Gasteiger partial charge < -0.3 is 15.3 Å². The van der Waals surface area contributed by atoms with Gasteiger partial charge in [0.1, 0.15) is 5.75 Å². The van der Waals surface area contributed by atoms with Crippen LogP contribution in [0, 0.1) is 0 Å². The molecular weight excluding hydrogens is 370 g/mol. The molecule has 3 N–H and O–H groups in total. The van der Waals surface area contributed by atoms with Gasteiger partial charge in [-0.25, -0.2) is 0 Å². The van der Waals surface area contributed by atoms with Crippen LogP contribution in [-0.4, -0.2) is 33.3 Å². The van der Waals surface area contributed by atoms with Gasteiger partial charge in [0.05, 0.1) is 0 Å². The summed E-state index contributed by atoms with van der Waals surface area (Å²) in [5.74, 6) is 0.0268. The van der Waals surface area contributed by atoms with Crippen molar-refractivity contribution in [2.24, 2.45) is 0 Å². The van der Waals surface area contributed by atoms with Gasteiger partial charge in [0.15, 0.2) is 11.5 Å². The highest BCUT2D eigenvalue weighted by Gasteiger charge is 2.35. The van der Waals surface area contributed by atoms with E-state index in [2.05, 4.69) is 11.8 Å². The molecule has 5 heteroatoms. The third kappa shape index (κ3) is 2.47. The van der Waals surface area contributed by atoms with E-state index < -0.39 is 0 Å². The van der Waals surface area contributed by atoms with Crippen molar-refractivity contribution >= 4 is 17.0 Å². The second kappa shape index (κ2) is 6.30. The van der Waals surface area contributed by atoms with E-state index in [9.17, 15) is 15.3 Å². The van der Waals surface area contributed by atoms with Crippen LogP contribution in [0.1, 0.15) is 36.1 Å². The quantitative estimate of drug-likeness (QED) is 0.678. The molecule has 0 saturated carbocycles. The molecule has 1 atom stereocenters. The fourth-order valence-electron chi connectivity index (χ4n) is 4.19. The maximum absolute atomic E-state index is 10.4. The third-order valence-corrected chi connectivity index (χ3v) is 5.13. The number of aromatic hydroxyl groups is 3. The fraction of sp³-hybridized carbons (Fsp3) is 0.368. The maximum Gasteiger partial charge on any atom is 0.165 e. The predicted molar refractivity (Wildman–Crippen MR) is 99.2 cm³/mol. The summed E-state index contributed by atoms with van der Waals surface area (Å²) in [6.07, 6.45) is 2.84. The first-order chi connectivity index (χ1) is 11.1. The summed E-state index contributed by atoms with van der Waals surface area (Å²) in [5, 5.41) is 30.4. The molecular formula is C19H22BrNO3. The number of hydrogen-bond donors (Lipinski definition) is 3. The molecule has 0 amide bonds. The topological polar surface area (TPSA) is 63.9 Å². The molecule has 128 valence electrons. The lowest BCUT2D eigenvalue weighted by Crippen LogP contribution is -2.38. The van der Waals surface area contributed by atoms with E-state index in [0.29, 0.717) is 5.56 Å². The van der Waals surface area contributed by atoms with E-state index in [1.165, 1.54) is 5.56 Å². The summed E-state index contributed by atoms with van der Waals surface area (Å²) in [5.41, 5.74) is 4.92. The summed E-state index contributed by atoms with van der Waals surface area (Å²) >= 11 is 0. The lowest BCUT2D eigenvalue weighted by Gasteiger charge is -2.41. The Hall–Kier alpha value is -1.72. The van der Waals surface area contributed by atoms with E-state index in [4.69, 9.17) is 0 Å². The molecule has 1 heterocycles. The molecule has 0 spiro atoms. The Bertz CT molecular complexity index is 791. The van der Waals surface area contributed by atoms with E-state index in [0.717, 1.165) is 49.0 Å². The van der Waals surface area contributed by atoms with Gasteiger partial charge in [0.2, 0.25) is 0 Å². The van der Waals surface area contributed by atoms with Crippen molar-refractivity contribution in [3.63, 3.8) is 0 Å². The molecule has 0 radical (unpaired) electrons. The minimum Gasteiger partial charge on any atom is -0.508 e.